The zero-order valence-corrected chi connectivity index (χ0v) is 17.3. The van der Waals surface area contributed by atoms with E-state index in [1.807, 2.05) is 0 Å². The van der Waals surface area contributed by atoms with Gasteiger partial charge in [0, 0.05) is 57.9 Å². The van der Waals surface area contributed by atoms with Crippen molar-refractivity contribution >= 4 is 5.91 Å². The smallest absolute Gasteiger partial charge is 0.236 e. The lowest BCUT2D eigenvalue weighted by Gasteiger charge is -2.39. The van der Waals surface area contributed by atoms with Crippen molar-refractivity contribution in [2.45, 2.75) is 45.3 Å². The van der Waals surface area contributed by atoms with Gasteiger partial charge in [-0.15, -0.1) is 0 Å². The zero-order valence-electron chi connectivity index (χ0n) is 17.3. The molecule has 2 saturated heterocycles. The van der Waals surface area contributed by atoms with Crippen molar-refractivity contribution in [2.75, 3.05) is 52.9 Å². The first kappa shape index (κ1) is 20.3. The van der Waals surface area contributed by atoms with E-state index in [0.29, 0.717) is 24.5 Å². The minimum Gasteiger partial charge on any atom is -0.339 e. The van der Waals surface area contributed by atoms with E-state index in [-0.39, 0.29) is 0 Å². The second kappa shape index (κ2) is 9.67. The molecule has 5 heteroatoms. The molecule has 0 spiro atoms. The van der Waals surface area contributed by atoms with Crippen LogP contribution >= 0.6 is 0 Å². The number of piperidine rings is 1. The fraction of sp³-hybridized carbons (Fsp3) is 0.682. The number of nitrogens with zero attached hydrogens (tertiary/aromatic N) is 4. The summed E-state index contributed by atoms with van der Waals surface area (Å²) in [4.78, 5) is 22.0. The van der Waals surface area contributed by atoms with Crippen LogP contribution in [0.25, 0.3) is 0 Å². The molecular weight excluding hydrogens is 336 g/mol. The minimum atomic E-state index is 0.314. The Morgan fingerprint density at radius 3 is 2.26 bits per heavy atom. The third-order valence-electron chi connectivity index (χ3n) is 6.21. The Kier molecular flexibility index (Phi) is 7.27. The standard InChI is InChI=1S/C22H36N4O/c1-19(2)25-13-15-26(16-14-25)22(27)18-24-11-9-21(10-12-24)23(3)17-20-7-5-4-6-8-20/h4-8,19,21H,9-18H2,1-3H3. The van der Waals surface area contributed by atoms with Crippen molar-refractivity contribution < 1.29 is 4.79 Å². The van der Waals surface area contributed by atoms with E-state index in [4.69, 9.17) is 0 Å². The summed E-state index contributed by atoms with van der Waals surface area (Å²) in [5.41, 5.74) is 1.37. The fourth-order valence-electron chi connectivity index (χ4n) is 4.30. The Balaban J connectivity index is 1.38. The Bertz CT molecular complexity index is 575. The van der Waals surface area contributed by atoms with E-state index in [1.165, 1.54) is 5.56 Å². The maximum atomic E-state index is 12.7. The molecule has 2 aliphatic heterocycles. The molecule has 0 saturated carbocycles. The van der Waals surface area contributed by atoms with E-state index < -0.39 is 0 Å². The van der Waals surface area contributed by atoms with Crippen molar-refractivity contribution in [3.05, 3.63) is 35.9 Å². The predicted octanol–water partition coefficient (Wildman–Crippen LogP) is 2.14. The first-order chi connectivity index (χ1) is 13.0. The van der Waals surface area contributed by atoms with E-state index in [2.05, 4.69) is 70.8 Å². The van der Waals surface area contributed by atoms with Crippen LogP contribution in [0.15, 0.2) is 30.3 Å². The minimum absolute atomic E-state index is 0.314. The van der Waals surface area contributed by atoms with Crippen molar-refractivity contribution in [3.63, 3.8) is 0 Å². The molecule has 0 aromatic heterocycles. The molecule has 1 aromatic rings. The molecule has 1 aromatic carbocycles. The molecule has 5 nitrogen and oxygen atoms in total. The van der Waals surface area contributed by atoms with Gasteiger partial charge >= 0.3 is 0 Å². The van der Waals surface area contributed by atoms with E-state index >= 15 is 0 Å². The SMILES string of the molecule is CC(C)N1CCN(C(=O)CN2CCC(N(C)Cc3ccccc3)CC2)CC1. The molecule has 0 radical (unpaired) electrons. The van der Waals surface area contributed by atoms with Gasteiger partial charge in [-0.1, -0.05) is 30.3 Å². The Labute approximate surface area is 164 Å². The Morgan fingerprint density at radius 1 is 1.04 bits per heavy atom. The van der Waals surface area contributed by atoms with Gasteiger partial charge in [-0.25, -0.2) is 0 Å². The van der Waals surface area contributed by atoms with Gasteiger partial charge in [-0.3, -0.25) is 19.5 Å². The zero-order chi connectivity index (χ0) is 19.2. The molecule has 0 N–H and O–H groups in total. The summed E-state index contributed by atoms with van der Waals surface area (Å²) in [5, 5.41) is 0. The molecule has 0 bridgehead atoms. The molecule has 0 unspecified atom stereocenters. The van der Waals surface area contributed by atoms with Crippen LogP contribution in [0.2, 0.25) is 0 Å². The van der Waals surface area contributed by atoms with Crippen LogP contribution < -0.4 is 0 Å². The highest BCUT2D eigenvalue weighted by atomic mass is 16.2. The van der Waals surface area contributed by atoms with E-state index in [0.717, 1.165) is 58.7 Å². The largest absolute Gasteiger partial charge is 0.339 e. The van der Waals surface area contributed by atoms with Crippen LogP contribution in [0.1, 0.15) is 32.3 Å². The Morgan fingerprint density at radius 2 is 1.67 bits per heavy atom. The molecule has 0 atom stereocenters. The fourth-order valence-corrected chi connectivity index (χ4v) is 4.30. The Hall–Kier alpha value is -1.43. The lowest BCUT2D eigenvalue weighted by atomic mass is 10.0. The highest BCUT2D eigenvalue weighted by Crippen LogP contribution is 2.18. The topological polar surface area (TPSA) is 30.0 Å². The summed E-state index contributed by atoms with van der Waals surface area (Å²) in [7, 11) is 2.23. The monoisotopic (exact) mass is 372 g/mol. The van der Waals surface area contributed by atoms with Gasteiger partial charge in [-0.2, -0.15) is 0 Å². The van der Waals surface area contributed by atoms with Gasteiger partial charge in [0.25, 0.3) is 0 Å². The van der Waals surface area contributed by atoms with Crippen LogP contribution in [-0.2, 0) is 11.3 Å². The number of likely N-dealkylation sites (tertiary alicyclic amines) is 1. The second-order valence-electron chi connectivity index (χ2n) is 8.42. The maximum Gasteiger partial charge on any atom is 0.236 e. The number of hydrogen-bond donors (Lipinski definition) is 0. The number of carbonyl (C=O) groups excluding carboxylic acids is 1. The number of rotatable bonds is 6. The van der Waals surface area contributed by atoms with Crippen LogP contribution in [0.4, 0.5) is 0 Å². The number of hydrogen-bond acceptors (Lipinski definition) is 4. The van der Waals surface area contributed by atoms with Gasteiger partial charge in [0.1, 0.15) is 0 Å². The molecule has 0 aliphatic carbocycles. The summed E-state index contributed by atoms with van der Waals surface area (Å²) >= 11 is 0. The number of benzene rings is 1. The highest BCUT2D eigenvalue weighted by molar-refractivity contribution is 5.78. The lowest BCUT2D eigenvalue weighted by molar-refractivity contribution is -0.134. The number of piperazine rings is 1. The molecular formula is C22H36N4O. The van der Waals surface area contributed by atoms with E-state index in [1.54, 1.807) is 0 Å². The van der Waals surface area contributed by atoms with Crippen LogP contribution in [0.3, 0.4) is 0 Å². The van der Waals surface area contributed by atoms with Gasteiger partial charge in [-0.05, 0) is 39.3 Å². The molecule has 1 amide bonds. The average Bonchev–Trinajstić information content (AvgIpc) is 2.69. The molecule has 27 heavy (non-hydrogen) atoms. The lowest BCUT2D eigenvalue weighted by Crippen LogP contribution is -2.53. The van der Waals surface area contributed by atoms with Gasteiger partial charge in [0.15, 0.2) is 0 Å². The molecule has 2 fully saturated rings. The van der Waals surface area contributed by atoms with Crippen LogP contribution in [-0.4, -0.2) is 90.5 Å². The number of carbonyl (C=O) groups is 1. The normalized spacial score (nSPS) is 20.6. The van der Waals surface area contributed by atoms with Crippen molar-refractivity contribution in [1.82, 2.24) is 19.6 Å². The molecule has 2 aliphatic rings. The van der Waals surface area contributed by atoms with Crippen LogP contribution in [0.5, 0.6) is 0 Å². The molecule has 3 rings (SSSR count). The van der Waals surface area contributed by atoms with Crippen molar-refractivity contribution in [1.29, 1.82) is 0 Å². The summed E-state index contributed by atoms with van der Waals surface area (Å²) in [6.07, 6.45) is 2.30. The summed E-state index contributed by atoms with van der Waals surface area (Å²) < 4.78 is 0. The third-order valence-corrected chi connectivity index (χ3v) is 6.21. The second-order valence-corrected chi connectivity index (χ2v) is 8.42. The molecule has 150 valence electrons. The van der Waals surface area contributed by atoms with Crippen LogP contribution in [0, 0.1) is 0 Å². The summed E-state index contributed by atoms with van der Waals surface area (Å²) in [6, 6.07) is 11.9. The van der Waals surface area contributed by atoms with Gasteiger partial charge < -0.3 is 4.90 Å². The van der Waals surface area contributed by atoms with Crippen molar-refractivity contribution in [3.8, 4) is 0 Å². The van der Waals surface area contributed by atoms with Gasteiger partial charge in [0.05, 0.1) is 6.54 Å². The van der Waals surface area contributed by atoms with Gasteiger partial charge in [0.2, 0.25) is 5.91 Å². The average molecular weight is 373 g/mol. The highest BCUT2D eigenvalue weighted by Gasteiger charge is 2.27. The maximum absolute atomic E-state index is 12.7. The quantitative estimate of drug-likeness (QED) is 0.765. The van der Waals surface area contributed by atoms with E-state index in [9.17, 15) is 4.79 Å². The number of amides is 1. The van der Waals surface area contributed by atoms with Crippen molar-refractivity contribution in [2.24, 2.45) is 0 Å². The first-order valence-corrected chi connectivity index (χ1v) is 10.5. The molecule has 2 heterocycles. The first-order valence-electron chi connectivity index (χ1n) is 10.5. The predicted molar refractivity (Wildman–Crippen MR) is 111 cm³/mol. The third kappa shape index (κ3) is 5.77. The summed E-state index contributed by atoms with van der Waals surface area (Å²) in [6.45, 7) is 11.9. The summed E-state index contributed by atoms with van der Waals surface area (Å²) in [5.74, 6) is 0.314.